The van der Waals surface area contributed by atoms with Crippen LogP contribution in [0.3, 0.4) is 0 Å². The van der Waals surface area contributed by atoms with E-state index in [4.69, 9.17) is 0 Å². The zero-order chi connectivity index (χ0) is 19.4. The van der Waals surface area contributed by atoms with Crippen LogP contribution in [0.25, 0.3) is 0 Å². The van der Waals surface area contributed by atoms with Crippen LogP contribution in [0.5, 0.6) is 0 Å². The molecular weight excluding hydrogens is 348 g/mol. The van der Waals surface area contributed by atoms with Crippen molar-refractivity contribution in [2.24, 2.45) is 0 Å². The maximum atomic E-state index is 13.5. The molecule has 0 spiro atoms. The lowest BCUT2D eigenvalue weighted by Gasteiger charge is -2.46. The first-order valence-corrected chi connectivity index (χ1v) is 9.58. The van der Waals surface area contributed by atoms with Crippen LogP contribution < -0.4 is 0 Å². The molecule has 4 heteroatoms. The third kappa shape index (κ3) is 3.57. The first kappa shape index (κ1) is 18.4. The van der Waals surface area contributed by atoms with Gasteiger partial charge >= 0.3 is 0 Å². The van der Waals surface area contributed by atoms with Crippen molar-refractivity contribution in [2.45, 2.75) is 18.8 Å². The van der Waals surface area contributed by atoms with Gasteiger partial charge in [-0.1, -0.05) is 91.0 Å². The monoisotopic (exact) mass is 372 g/mol. The highest BCUT2D eigenvalue weighted by Crippen LogP contribution is 2.33. The highest BCUT2D eigenvalue weighted by atomic mass is 16.3. The van der Waals surface area contributed by atoms with Crippen LogP contribution in [0.2, 0.25) is 0 Å². The molecule has 1 saturated heterocycles. The smallest absolute Gasteiger partial charge is 0.275 e. The van der Waals surface area contributed by atoms with E-state index >= 15 is 0 Å². The predicted molar refractivity (Wildman–Crippen MR) is 109 cm³/mol. The minimum Gasteiger partial charge on any atom is -0.364 e. The topological polar surface area (TPSA) is 43.8 Å². The summed E-state index contributed by atoms with van der Waals surface area (Å²) >= 11 is 0. The normalized spacial score (nSPS) is 20.3. The number of hydrogen-bond acceptors (Lipinski definition) is 3. The summed E-state index contributed by atoms with van der Waals surface area (Å²) in [5, 5.41) is 11.7. The van der Waals surface area contributed by atoms with Crippen molar-refractivity contribution >= 4 is 5.91 Å². The number of piperazine rings is 1. The van der Waals surface area contributed by atoms with Gasteiger partial charge in [0.15, 0.2) is 0 Å². The van der Waals surface area contributed by atoms with Gasteiger partial charge in [0.2, 0.25) is 5.72 Å². The van der Waals surface area contributed by atoms with E-state index in [2.05, 4.69) is 0 Å². The lowest BCUT2D eigenvalue weighted by molar-refractivity contribution is -0.193. The molecule has 1 N–H and O–H groups in total. The van der Waals surface area contributed by atoms with Gasteiger partial charge in [-0.15, -0.1) is 0 Å². The van der Waals surface area contributed by atoms with Crippen LogP contribution >= 0.6 is 0 Å². The number of carbonyl (C=O) groups is 1. The first-order chi connectivity index (χ1) is 13.7. The number of carbonyl (C=O) groups excluding carboxylic acids is 1. The van der Waals surface area contributed by atoms with Gasteiger partial charge in [-0.3, -0.25) is 9.69 Å². The minimum atomic E-state index is -1.68. The lowest BCUT2D eigenvalue weighted by Crippen LogP contribution is -2.63. The number of rotatable bonds is 5. The van der Waals surface area contributed by atoms with Crippen LogP contribution in [0.1, 0.15) is 16.7 Å². The number of hydrogen-bond donors (Lipinski definition) is 1. The Morgan fingerprint density at radius 2 is 1.21 bits per heavy atom. The van der Waals surface area contributed by atoms with Crippen molar-refractivity contribution in [3.05, 3.63) is 108 Å². The maximum absolute atomic E-state index is 13.5. The van der Waals surface area contributed by atoms with Crippen molar-refractivity contribution in [1.29, 1.82) is 0 Å². The van der Waals surface area contributed by atoms with Gasteiger partial charge < -0.3 is 10.0 Å². The number of benzene rings is 3. The molecule has 4 nitrogen and oxygen atoms in total. The Morgan fingerprint density at radius 3 is 1.79 bits per heavy atom. The Hall–Kier alpha value is -2.95. The summed E-state index contributed by atoms with van der Waals surface area (Å²) in [7, 11) is 0. The zero-order valence-corrected chi connectivity index (χ0v) is 15.7. The summed E-state index contributed by atoms with van der Waals surface area (Å²) in [5.74, 6) is -0.273. The molecule has 28 heavy (non-hydrogen) atoms. The van der Waals surface area contributed by atoms with Crippen molar-refractivity contribution in [3.8, 4) is 0 Å². The van der Waals surface area contributed by atoms with Crippen molar-refractivity contribution < 1.29 is 9.90 Å². The fraction of sp³-hybridized carbons (Fsp3) is 0.208. The average Bonchev–Trinajstić information content (AvgIpc) is 2.76. The zero-order valence-electron chi connectivity index (χ0n) is 15.7. The van der Waals surface area contributed by atoms with E-state index in [0.717, 1.165) is 11.1 Å². The second-order valence-corrected chi connectivity index (χ2v) is 7.16. The fourth-order valence-corrected chi connectivity index (χ4v) is 3.79. The third-order valence-electron chi connectivity index (χ3n) is 5.29. The second kappa shape index (κ2) is 7.97. The molecule has 1 heterocycles. The molecule has 1 fully saturated rings. The predicted octanol–water partition coefficient (Wildman–Crippen LogP) is 3.38. The molecule has 1 atom stereocenters. The van der Waals surface area contributed by atoms with E-state index in [-0.39, 0.29) is 5.91 Å². The van der Waals surface area contributed by atoms with E-state index in [1.165, 1.54) is 0 Å². The molecule has 1 aliphatic rings. The molecule has 3 aromatic rings. The Morgan fingerprint density at radius 1 is 0.714 bits per heavy atom. The molecule has 0 aromatic heterocycles. The molecule has 142 valence electrons. The number of amides is 1. The highest BCUT2D eigenvalue weighted by Gasteiger charge is 2.49. The van der Waals surface area contributed by atoms with Gasteiger partial charge in [-0.25, -0.2) is 0 Å². The summed E-state index contributed by atoms with van der Waals surface area (Å²) in [6.07, 6.45) is 0. The van der Waals surface area contributed by atoms with Crippen LogP contribution in [-0.4, -0.2) is 33.9 Å². The first-order valence-electron chi connectivity index (χ1n) is 9.58. The fourth-order valence-electron chi connectivity index (χ4n) is 3.79. The minimum absolute atomic E-state index is 0.273. The highest BCUT2D eigenvalue weighted by molar-refractivity contribution is 5.86. The van der Waals surface area contributed by atoms with Crippen LogP contribution in [0.15, 0.2) is 91.0 Å². The van der Waals surface area contributed by atoms with E-state index in [0.29, 0.717) is 31.7 Å². The van der Waals surface area contributed by atoms with E-state index < -0.39 is 5.72 Å². The SMILES string of the molecule is O=C1N(Cc2ccccc2)CCN(Cc2ccccc2)C1(O)c1ccccc1. The average molecular weight is 372 g/mol. The Kier molecular flexibility index (Phi) is 5.24. The third-order valence-corrected chi connectivity index (χ3v) is 5.29. The molecule has 3 aromatic carbocycles. The van der Waals surface area contributed by atoms with Gasteiger partial charge in [-0.2, -0.15) is 0 Å². The second-order valence-electron chi connectivity index (χ2n) is 7.16. The van der Waals surface area contributed by atoms with Crippen LogP contribution in [0, 0.1) is 0 Å². The quantitative estimate of drug-likeness (QED) is 0.747. The molecule has 4 rings (SSSR count). The van der Waals surface area contributed by atoms with Crippen molar-refractivity contribution in [3.63, 3.8) is 0 Å². The van der Waals surface area contributed by atoms with E-state index in [9.17, 15) is 9.90 Å². The lowest BCUT2D eigenvalue weighted by atomic mass is 9.95. The number of nitrogens with zero attached hydrogens (tertiary/aromatic N) is 2. The van der Waals surface area contributed by atoms with Gasteiger partial charge in [-0.05, 0) is 11.1 Å². The summed E-state index contributed by atoms with van der Waals surface area (Å²) in [5.41, 5.74) is 1.06. The molecule has 0 saturated carbocycles. The largest absolute Gasteiger partial charge is 0.364 e. The summed E-state index contributed by atoms with van der Waals surface area (Å²) in [6, 6.07) is 29.1. The molecule has 1 unspecified atom stereocenters. The Bertz CT molecular complexity index is 915. The molecular formula is C24H24N2O2. The van der Waals surface area contributed by atoms with Crippen molar-refractivity contribution in [2.75, 3.05) is 13.1 Å². The van der Waals surface area contributed by atoms with Gasteiger partial charge in [0.1, 0.15) is 0 Å². The van der Waals surface area contributed by atoms with Gasteiger partial charge in [0.25, 0.3) is 5.91 Å². The van der Waals surface area contributed by atoms with Crippen LogP contribution in [-0.2, 0) is 23.6 Å². The Labute approximate surface area is 165 Å². The number of aliphatic hydroxyl groups is 1. The summed E-state index contributed by atoms with van der Waals surface area (Å²) in [4.78, 5) is 17.1. The summed E-state index contributed by atoms with van der Waals surface area (Å²) in [6.45, 7) is 2.18. The molecule has 1 amide bonds. The van der Waals surface area contributed by atoms with E-state index in [1.54, 1.807) is 4.90 Å². The van der Waals surface area contributed by atoms with Gasteiger partial charge in [0.05, 0.1) is 0 Å². The van der Waals surface area contributed by atoms with Crippen molar-refractivity contribution in [1.82, 2.24) is 9.80 Å². The molecule has 0 radical (unpaired) electrons. The van der Waals surface area contributed by atoms with Gasteiger partial charge in [0, 0.05) is 31.7 Å². The molecule has 0 bridgehead atoms. The summed E-state index contributed by atoms with van der Waals surface area (Å²) < 4.78 is 0. The van der Waals surface area contributed by atoms with E-state index in [1.807, 2.05) is 95.9 Å². The Balaban J connectivity index is 1.66. The molecule has 0 aliphatic carbocycles. The van der Waals surface area contributed by atoms with Crippen LogP contribution in [0.4, 0.5) is 0 Å². The maximum Gasteiger partial charge on any atom is 0.275 e. The molecule has 1 aliphatic heterocycles. The standard InChI is InChI=1S/C24H24N2O2/c27-23-24(28,22-14-8-3-9-15-22)26(19-21-12-6-2-7-13-21)17-16-25(23)18-20-10-4-1-5-11-20/h1-15,28H,16-19H2.